The summed E-state index contributed by atoms with van der Waals surface area (Å²) < 4.78 is 31.8. The smallest absolute Gasteiger partial charge is 0.340 e. The third kappa shape index (κ3) is 4.82. The molecule has 0 saturated heterocycles. The number of hydrogen-bond donors (Lipinski definition) is 1. The summed E-state index contributed by atoms with van der Waals surface area (Å²) in [6.07, 6.45) is 2.91. The molecule has 1 amide bonds. The standard InChI is InChI=1S/C22H23NO8/c1-26-16-11-14(22(25)29-4)15(12-17(16)27-2)23-20(24)6-5-13-9-18(28-3)21-19(10-13)30-7-8-31-21/h5-6,9-12H,7-8H2,1-4H3,(H,23,24). The molecule has 0 fully saturated rings. The number of fused-ring (bicyclic) bond motifs is 1. The Balaban J connectivity index is 1.85. The molecule has 0 atom stereocenters. The van der Waals surface area contributed by atoms with Crippen molar-refractivity contribution in [2.75, 3.05) is 47.0 Å². The molecule has 164 valence electrons. The molecule has 1 heterocycles. The van der Waals surface area contributed by atoms with Crippen LogP contribution in [0.3, 0.4) is 0 Å². The fraction of sp³-hybridized carbons (Fsp3) is 0.273. The molecular weight excluding hydrogens is 406 g/mol. The molecule has 2 aromatic carbocycles. The zero-order chi connectivity index (χ0) is 22.4. The van der Waals surface area contributed by atoms with Crippen molar-refractivity contribution in [1.82, 2.24) is 0 Å². The van der Waals surface area contributed by atoms with Gasteiger partial charge in [0.15, 0.2) is 23.0 Å². The molecule has 0 unspecified atom stereocenters. The number of hydrogen-bond acceptors (Lipinski definition) is 8. The summed E-state index contributed by atoms with van der Waals surface area (Å²) in [5.74, 6) is 1.17. The number of ether oxygens (including phenoxy) is 6. The first-order chi connectivity index (χ1) is 15.0. The van der Waals surface area contributed by atoms with Crippen LogP contribution in [0.1, 0.15) is 15.9 Å². The Kier molecular flexibility index (Phi) is 6.86. The van der Waals surface area contributed by atoms with Gasteiger partial charge < -0.3 is 33.7 Å². The van der Waals surface area contributed by atoms with E-state index in [1.807, 2.05) is 0 Å². The zero-order valence-corrected chi connectivity index (χ0v) is 17.6. The lowest BCUT2D eigenvalue weighted by atomic mass is 10.1. The Morgan fingerprint density at radius 3 is 2.26 bits per heavy atom. The maximum atomic E-state index is 12.5. The molecule has 1 aliphatic heterocycles. The van der Waals surface area contributed by atoms with E-state index in [1.165, 1.54) is 46.6 Å². The second-order valence-corrected chi connectivity index (χ2v) is 6.31. The van der Waals surface area contributed by atoms with E-state index in [4.69, 9.17) is 28.4 Å². The predicted octanol–water partition coefficient (Wildman–Crippen LogP) is 2.92. The number of methoxy groups -OCH3 is 4. The summed E-state index contributed by atoms with van der Waals surface area (Å²) in [7, 11) is 5.68. The molecule has 0 saturated carbocycles. The van der Waals surface area contributed by atoms with Gasteiger partial charge in [0, 0.05) is 18.2 Å². The summed E-state index contributed by atoms with van der Waals surface area (Å²) in [4.78, 5) is 24.7. The van der Waals surface area contributed by atoms with Crippen LogP contribution in [0.4, 0.5) is 5.69 Å². The van der Waals surface area contributed by atoms with E-state index < -0.39 is 11.9 Å². The number of amides is 1. The van der Waals surface area contributed by atoms with E-state index in [2.05, 4.69) is 5.32 Å². The van der Waals surface area contributed by atoms with Gasteiger partial charge in [-0.1, -0.05) is 0 Å². The third-order valence-corrected chi connectivity index (χ3v) is 4.46. The Bertz CT molecular complexity index is 998. The van der Waals surface area contributed by atoms with Gasteiger partial charge in [-0.05, 0) is 23.8 Å². The van der Waals surface area contributed by atoms with Crippen molar-refractivity contribution in [2.24, 2.45) is 0 Å². The van der Waals surface area contributed by atoms with Gasteiger partial charge in [0.2, 0.25) is 11.7 Å². The molecule has 31 heavy (non-hydrogen) atoms. The monoisotopic (exact) mass is 429 g/mol. The second-order valence-electron chi connectivity index (χ2n) is 6.31. The first-order valence-corrected chi connectivity index (χ1v) is 9.31. The van der Waals surface area contributed by atoms with E-state index in [0.29, 0.717) is 47.5 Å². The number of rotatable bonds is 7. The molecule has 0 aliphatic carbocycles. The van der Waals surface area contributed by atoms with Gasteiger partial charge in [0.05, 0.1) is 39.7 Å². The van der Waals surface area contributed by atoms with Crippen LogP contribution in [-0.2, 0) is 9.53 Å². The average molecular weight is 429 g/mol. The second kappa shape index (κ2) is 9.75. The largest absolute Gasteiger partial charge is 0.493 e. The van der Waals surface area contributed by atoms with E-state index in [1.54, 1.807) is 18.2 Å². The quantitative estimate of drug-likeness (QED) is 0.530. The van der Waals surface area contributed by atoms with Crippen LogP contribution in [0.25, 0.3) is 6.08 Å². The normalized spacial score (nSPS) is 12.3. The highest BCUT2D eigenvalue weighted by molar-refractivity contribution is 6.07. The number of carbonyl (C=O) groups is 2. The summed E-state index contributed by atoms with van der Waals surface area (Å²) in [6.45, 7) is 0.869. The molecule has 2 aromatic rings. The molecule has 9 heteroatoms. The van der Waals surface area contributed by atoms with E-state index >= 15 is 0 Å². The van der Waals surface area contributed by atoms with Gasteiger partial charge in [-0.3, -0.25) is 4.79 Å². The SMILES string of the molecule is COC(=O)c1cc(OC)c(OC)cc1NC(=O)C=Cc1cc(OC)c2c(c1)OCCO2. The minimum Gasteiger partial charge on any atom is -0.493 e. The first kappa shape index (κ1) is 21.8. The highest BCUT2D eigenvalue weighted by Gasteiger charge is 2.20. The number of benzene rings is 2. The Morgan fingerprint density at radius 1 is 0.903 bits per heavy atom. The summed E-state index contributed by atoms with van der Waals surface area (Å²) >= 11 is 0. The number of esters is 1. The van der Waals surface area contributed by atoms with Crippen LogP contribution in [0, 0.1) is 0 Å². The minimum absolute atomic E-state index is 0.128. The van der Waals surface area contributed by atoms with Crippen LogP contribution in [0.2, 0.25) is 0 Å². The van der Waals surface area contributed by atoms with E-state index in [0.717, 1.165) is 0 Å². The van der Waals surface area contributed by atoms with Crippen molar-refractivity contribution in [1.29, 1.82) is 0 Å². The summed E-state index contributed by atoms with van der Waals surface area (Å²) in [5.41, 5.74) is 1.03. The highest BCUT2D eigenvalue weighted by atomic mass is 16.6. The molecule has 0 aromatic heterocycles. The van der Waals surface area contributed by atoms with Crippen LogP contribution in [-0.4, -0.2) is 53.5 Å². The van der Waals surface area contributed by atoms with Crippen molar-refractivity contribution >= 4 is 23.6 Å². The van der Waals surface area contributed by atoms with Crippen molar-refractivity contribution in [3.8, 4) is 28.7 Å². The number of carbonyl (C=O) groups excluding carboxylic acids is 2. The molecule has 0 bridgehead atoms. The Labute approximate surface area is 179 Å². The minimum atomic E-state index is -0.628. The van der Waals surface area contributed by atoms with Crippen molar-refractivity contribution in [3.63, 3.8) is 0 Å². The number of anilines is 1. The van der Waals surface area contributed by atoms with Gasteiger partial charge in [0.25, 0.3) is 0 Å². The van der Waals surface area contributed by atoms with Gasteiger partial charge in [0.1, 0.15) is 13.2 Å². The lowest BCUT2D eigenvalue weighted by Gasteiger charge is -2.20. The van der Waals surface area contributed by atoms with E-state index in [-0.39, 0.29) is 11.3 Å². The Hall–Kier alpha value is -3.88. The van der Waals surface area contributed by atoms with E-state index in [9.17, 15) is 9.59 Å². The molecule has 0 radical (unpaired) electrons. The average Bonchev–Trinajstić information content (AvgIpc) is 2.81. The summed E-state index contributed by atoms with van der Waals surface area (Å²) in [6, 6.07) is 6.41. The molecule has 1 aliphatic rings. The van der Waals surface area contributed by atoms with Crippen LogP contribution < -0.4 is 29.0 Å². The highest BCUT2D eigenvalue weighted by Crippen LogP contribution is 2.40. The lowest BCUT2D eigenvalue weighted by Crippen LogP contribution is -2.16. The molecule has 0 spiro atoms. The lowest BCUT2D eigenvalue weighted by molar-refractivity contribution is -0.111. The fourth-order valence-electron chi connectivity index (χ4n) is 3.00. The first-order valence-electron chi connectivity index (χ1n) is 9.31. The van der Waals surface area contributed by atoms with Gasteiger partial charge in [-0.2, -0.15) is 0 Å². The predicted molar refractivity (Wildman–Crippen MR) is 113 cm³/mol. The molecular formula is C22H23NO8. The zero-order valence-electron chi connectivity index (χ0n) is 17.6. The van der Waals surface area contributed by atoms with Gasteiger partial charge in [-0.25, -0.2) is 4.79 Å². The Morgan fingerprint density at radius 2 is 1.58 bits per heavy atom. The van der Waals surface area contributed by atoms with Crippen LogP contribution in [0.5, 0.6) is 28.7 Å². The topological polar surface area (TPSA) is 102 Å². The van der Waals surface area contributed by atoms with Crippen LogP contribution >= 0.6 is 0 Å². The van der Waals surface area contributed by atoms with Crippen molar-refractivity contribution in [2.45, 2.75) is 0 Å². The molecule has 9 nitrogen and oxygen atoms in total. The molecule has 1 N–H and O–H groups in total. The van der Waals surface area contributed by atoms with Crippen LogP contribution in [0.15, 0.2) is 30.3 Å². The van der Waals surface area contributed by atoms with Crippen molar-refractivity contribution < 1.29 is 38.0 Å². The fourth-order valence-corrected chi connectivity index (χ4v) is 3.00. The van der Waals surface area contributed by atoms with Gasteiger partial charge in [-0.15, -0.1) is 0 Å². The number of nitrogens with one attached hydrogen (secondary N) is 1. The summed E-state index contributed by atoms with van der Waals surface area (Å²) in [5, 5.41) is 2.66. The maximum absolute atomic E-state index is 12.5. The van der Waals surface area contributed by atoms with Gasteiger partial charge >= 0.3 is 5.97 Å². The maximum Gasteiger partial charge on any atom is 0.340 e. The third-order valence-electron chi connectivity index (χ3n) is 4.46. The molecule has 3 rings (SSSR count). The van der Waals surface area contributed by atoms with Crippen molar-refractivity contribution in [3.05, 3.63) is 41.5 Å².